The molecule has 140 valence electrons. The second-order valence-electron chi connectivity index (χ2n) is 6.68. The lowest BCUT2D eigenvalue weighted by molar-refractivity contribution is -0.127. The number of carbonyl (C=O) groups excluding carboxylic acids is 1. The van der Waals surface area contributed by atoms with Crippen molar-refractivity contribution < 1.29 is 14.3 Å². The van der Waals surface area contributed by atoms with Gasteiger partial charge in [-0.25, -0.2) is 0 Å². The fourth-order valence-electron chi connectivity index (χ4n) is 3.38. The Labute approximate surface area is 155 Å². The quantitative estimate of drug-likeness (QED) is 0.795. The summed E-state index contributed by atoms with van der Waals surface area (Å²) in [4.78, 5) is 15.1. The van der Waals surface area contributed by atoms with E-state index in [4.69, 9.17) is 9.47 Å². The maximum absolute atomic E-state index is 12.7. The van der Waals surface area contributed by atoms with Gasteiger partial charge >= 0.3 is 0 Å². The molecule has 1 unspecified atom stereocenters. The topological polar surface area (TPSA) is 62.8 Å². The summed E-state index contributed by atoms with van der Waals surface area (Å²) in [6.07, 6.45) is 0.807. The molecule has 0 spiro atoms. The van der Waals surface area contributed by atoms with Crippen LogP contribution in [0, 0.1) is 5.41 Å². The van der Waals surface area contributed by atoms with Gasteiger partial charge in [0, 0.05) is 39.0 Å². The molecule has 0 aromatic heterocycles. The van der Waals surface area contributed by atoms with Crippen molar-refractivity contribution in [2.45, 2.75) is 13.0 Å². The van der Waals surface area contributed by atoms with Crippen LogP contribution in [0.3, 0.4) is 0 Å². The van der Waals surface area contributed by atoms with E-state index in [9.17, 15) is 4.79 Å². The summed E-state index contributed by atoms with van der Waals surface area (Å²) in [5.74, 6) is 0.0373. The van der Waals surface area contributed by atoms with E-state index in [1.54, 1.807) is 7.11 Å². The number of nitrogens with zero attached hydrogens (tertiary/aromatic N) is 1. The zero-order valence-electron chi connectivity index (χ0n) is 14.8. The van der Waals surface area contributed by atoms with Gasteiger partial charge in [-0.15, -0.1) is 12.4 Å². The van der Waals surface area contributed by atoms with E-state index in [-0.39, 0.29) is 18.3 Å². The van der Waals surface area contributed by atoms with Crippen molar-refractivity contribution in [3.05, 3.63) is 29.8 Å². The summed E-state index contributed by atoms with van der Waals surface area (Å²) in [6.45, 7) is 6.47. The Hall–Kier alpha value is -1.18. The third-order valence-corrected chi connectivity index (χ3v) is 4.87. The van der Waals surface area contributed by atoms with Crippen molar-refractivity contribution in [1.29, 1.82) is 0 Å². The number of nitrogens with one attached hydrogen (secondary N) is 2. The molecule has 1 amide bonds. The number of amides is 1. The van der Waals surface area contributed by atoms with Crippen LogP contribution in [0.4, 0.5) is 5.69 Å². The van der Waals surface area contributed by atoms with Crippen molar-refractivity contribution in [2.24, 2.45) is 5.41 Å². The third-order valence-electron chi connectivity index (χ3n) is 4.87. The Bertz CT molecular complexity index is 541. The van der Waals surface area contributed by atoms with E-state index in [1.807, 2.05) is 12.1 Å². The first kappa shape index (κ1) is 20.1. The highest BCUT2D eigenvalue weighted by molar-refractivity contribution is 5.95. The molecule has 0 bridgehead atoms. The predicted molar refractivity (Wildman–Crippen MR) is 100 cm³/mol. The summed E-state index contributed by atoms with van der Waals surface area (Å²) >= 11 is 0. The molecule has 2 saturated heterocycles. The Morgan fingerprint density at radius 2 is 2.04 bits per heavy atom. The van der Waals surface area contributed by atoms with Crippen LogP contribution in [0.15, 0.2) is 24.3 Å². The van der Waals surface area contributed by atoms with E-state index in [0.29, 0.717) is 13.2 Å². The average molecular weight is 370 g/mol. The molecule has 2 N–H and O–H groups in total. The lowest BCUT2D eigenvalue weighted by atomic mass is 9.87. The van der Waals surface area contributed by atoms with Crippen molar-refractivity contribution in [3.63, 3.8) is 0 Å². The molecule has 0 saturated carbocycles. The molecule has 0 radical (unpaired) electrons. The maximum Gasteiger partial charge on any atom is 0.234 e. The van der Waals surface area contributed by atoms with Crippen LogP contribution >= 0.6 is 12.4 Å². The monoisotopic (exact) mass is 369 g/mol. The minimum Gasteiger partial charge on any atom is -0.384 e. The molecular weight excluding hydrogens is 342 g/mol. The maximum atomic E-state index is 12.7. The summed E-state index contributed by atoms with van der Waals surface area (Å²) in [6, 6.07) is 8.13. The number of ether oxygens (including phenoxy) is 2. The van der Waals surface area contributed by atoms with Crippen LogP contribution in [-0.2, 0) is 20.8 Å². The van der Waals surface area contributed by atoms with E-state index >= 15 is 0 Å². The van der Waals surface area contributed by atoms with Gasteiger partial charge in [0.05, 0.1) is 25.2 Å². The first-order valence-corrected chi connectivity index (χ1v) is 8.62. The highest BCUT2D eigenvalue weighted by Crippen LogP contribution is 2.28. The van der Waals surface area contributed by atoms with Crippen LogP contribution in [-0.4, -0.2) is 63.9 Å². The van der Waals surface area contributed by atoms with Crippen LogP contribution in [0.5, 0.6) is 0 Å². The minimum atomic E-state index is -0.457. The van der Waals surface area contributed by atoms with E-state index in [2.05, 4.69) is 27.7 Å². The number of rotatable bonds is 6. The van der Waals surface area contributed by atoms with Gasteiger partial charge < -0.3 is 20.1 Å². The molecule has 2 aliphatic rings. The molecule has 25 heavy (non-hydrogen) atoms. The van der Waals surface area contributed by atoms with Crippen molar-refractivity contribution in [2.75, 3.05) is 58.4 Å². The Kier molecular flexibility index (Phi) is 7.65. The van der Waals surface area contributed by atoms with Crippen LogP contribution < -0.4 is 10.6 Å². The number of hydrogen-bond acceptors (Lipinski definition) is 5. The number of hydrogen-bond donors (Lipinski definition) is 2. The zero-order chi connectivity index (χ0) is 16.8. The number of halogens is 1. The second-order valence-corrected chi connectivity index (χ2v) is 6.68. The fraction of sp³-hybridized carbons (Fsp3) is 0.611. The fourth-order valence-corrected chi connectivity index (χ4v) is 3.38. The lowest BCUT2D eigenvalue weighted by Gasteiger charge is -2.27. The molecule has 2 fully saturated rings. The number of benzene rings is 1. The molecular formula is C18H28ClN3O3. The van der Waals surface area contributed by atoms with Gasteiger partial charge in [-0.2, -0.15) is 0 Å². The van der Waals surface area contributed by atoms with Crippen molar-refractivity contribution >= 4 is 24.0 Å². The van der Waals surface area contributed by atoms with Gasteiger partial charge in [0.15, 0.2) is 0 Å². The van der Waals surface area contributed by atoms with Crippen LogP contribution in [0.25, 0.3) is 0 Å². The highest BCUT2D eigenvalue weighted by Gasteiger charge is 2.41. The average Bonchev–Trinajstić information content (AvgIpc) is 3.08. The standard InChI is InChI=1S/C18H27N3O3.ClH/c1-23-14-18(6-7-19-13-18)17(22)20-16-4-2-15(3-5-16)12-21-8-10-24-11-9-21;/h2-5,19H,6-14H2,1H3,(H,20,22);1H. The molecule has 1 atom stereocenters. The van der Waals surface area contributed by atoms with E-state index < -0.39 is 5.41 Å². The van der Waals surface area contributed by atoms with Gasteiger partial charge in [-0.1, -0.05) is 12.1 Å². The predicted octanol–water partition coefficient (Wildman–Crippen LogP) is 1.51. The summed E-state index contributed by atoms with van der Waals surface area (Å²) in [5.41, 5.74) is 1.64. The summed E-state index contributed by atoms with van der Waals surface area (Å²) < 4.78 is 10.6. The van der Waals surface area contributed by atoms with Gasteiger partial charge in [-0.05, 0) is 30.7 Å². The Balaban J connectivity index is 0.00000225. The van der Waals surface area contributed by atoms with Gasteiger partial charge in [0.2, 0.25) is 5.91 Å². The largest absolute Gasteiger partial charge is 0.384 e. The Morgan fingerprint density at radius 1 is 1.32 bits per heavy atom. The number of anilines is 1. The molecule has 0 aliphatic carbocycles. The first-order chi connectivity index (χ1) is 11.7. The van der Waals surface area contributed by atoms with Crippen LogP contribution in [0.1, 0.15) is 12.0 Å². The number of carbonyl (C=O) groups is 1. The number of morpholine rings is 1. The van der Waals surface area contributed by atoms with Crippen molar-refractivity contribution in [3.8, 4) is 0 Å². The van der Waals surface area contributed by atoms with Gasteiger partial charge in [0.1, 0.15) is 0 Å². The first-order valence-electron chi connectivity index (χ1n) is 8.62. The molecule has 2 aliphatic heterocycles. The van der Waals surface area contributed by atoms with Gasteiger partial charge in [-0.3, -0.25) is 9.69 Å². The van der Waals surface area contributed by atoms with Crippen molar-refractivity contribution in [1.82, 2.24) is 10.2 Å². The minimum absolute atomic E-state index is 0. The smallest absolute Gasteiger partial charge is 0.234 e. The highest BCUT2D eigenvalue weighted by atomic mass is 35.5. The van der Waals surface area contributed by atoms with Gasteiger partial charge in [0.25, 0.3) is 0 Å². The molecule has 7 heteroatoms. The van der Waals surface area contributed by atoms with E-state index in [1.165, 1.54) is 5.56 Å². The lowest BCUT2D eigenvalue weighted by Crippen LogP contribution is -2.41. The third kappa shape index (κ3) is 5.15. The molecule has 6 nitrogen and oxygen atoms in total. The SMILES string of the molecule is COCC1(C(=O)Nc2ccc(CN3CCOCC3)cc2)CCNC1.Cl. The number of methoxy groups -OCH3 is 1. The van der Waals surface area contributed by atoms with Crippen LogP contribution in [0.2, 0.25) is 0 Å². The zero-order valence-corrected chi connectivity index (χ0v) is 15.6. The second kappa shape index (κ2) is 9.50. The molecule has 1 aromatic rings. The normalized spacial score (nSPS) is 23.9. The summed E-state index contributed by atoms with van der Waals surface area (Å²) in [7, 11) is 1.65. The Morgan fingerprint density at radius 3 is 2.64 bits per heavy atom. The van der Waals surface area contributed by atoms with E-state index in [0.717, 1.165) is 51.5 Å². The molecule has 2 heterocycles. The molecule has 1 aromatic carbocycles. The molecule has 3 rings (SSSR count). The summed E-state index contributed by atoms with van der Waals surface area (Å²) in [5, 5.41) is 6.31.